The van der Waals surface area contributed by atoms with E-state index in [0.717, 1.165) is 24.4 Å². The first-order chi connectivity index (χ1) is 5.86. The number of fused-ring (bicyclic) bond motifs is 1. The molecule has 0 aliphatic carbocycles. The van der Waals surface area contributed by atoms with Crippen LogP contribution in [0, 0.1) is 6.92 Å². The molecule has 63 valence electrons. The van der Waals surface area contributed by atoms with E-state index >= 15 is 0 Å². The Bertz CT molecular complexity index is 272. The molecule has 1 heterocycles. The lowest BCUT2D eigenvalue weighted by atomic mass is 10.3. The van der Waals surface area contributed by atoms with Crippen LogP contribution >= 0.6 is 0 Å². The number of benzene rings is 1. The molecule has 0 saturated heterocycles. The average Bonchev–Trinajstić information content (AvgIpc) is 2.25. The zero-order valence-electron chi connectivity index (χ0n) is 6.92. The minimum absolute atomic E-state index is 0.0705. The fourth-order valence-corrected chi connectivity index (χ4v) is 1.32. The Labute approximate surface area is 72.5 Å². The second kappa shape index (κ2) is 3.05. The molecule has 1 aliphatic rings. The van der Waals surface area contributed by atoms with Gasteiger partial charge in [0.15, 0.2) is 0 Å². The van der Waals surface area contributed by atoms with E-state index < -0.39 is 0 Å². The van der Waals surface area contributed by atoms with Gasteiger partial charge in [0.2, 0.25) is 0 Å². The Hall–Kier alpha value is -1.18. The van der Waals surface area contributed by atoms with Crippen molar-refractivity contribution in [3.63, 3.8) is 0 Å². The second-order valence-electron chi connectivity index (χ2n) is 2.95. The van der Waals surface area contributed by atoms with E-state index in [9.17, 15) is 0 Å². The molecule has 1 aromatic rings. The SMILES string of the molecule is [CH2]C1CCNc2ccccc2O1. The van der Waals surface area contributed by atoms with Gasteiger partial charge >= 0.3 is 0 Å². The summed E-state index contributed by atoms with van der Waals surface area (Å²) in [6.07, 6.45) is 1.02. The van der Waals surface area contributed by atoms with Crippen molar-refractivity contribution in [2.75, 3.05) is 11.9 Å². The third-order valence-corrected chi connectivity index (χ3v) is 1.96. The highest BCUT2D eigenvalue weighted by Gasteiger charge is 2.11. The molecule has 1 N–H and O–H groups in total. The molecular formula is C10H12NO. The maximum atomic E-state index is 5.58. The molecule has 1 radical (unpaired) electrons. The van der Waals surface area contributed by atoms with Crippen LogP contribution in [0.15, 0.2) is 24.3 Å². The van der Waals surface area contributed by atoms with Gasteiger partial charge in [-0.25, -0.2) is 0 Å². The Morgan fingerprint density at radius 3 is 3.17 bits per heavy atom. The van der Waals surface area contributed by atoms with Crippen LogP contribution in [-0.2, 0) is 0 Å². The summed E-state index contributed by atoms with van der Waals surface area (Å²) in [4.78, 5) is 0. The third kappa shape index (κ3) is 1.37. The van der Waals surface area contributed by atoms with Crippen molar-refractivity contribution >= 4 is 5.69 Å². The Balaban J connectivity index is 2.31. The van der Waals surface area contributed by atoms with Gasteiger partial charge in [-0.1, -0.05) is 12.1 Å². The van der Waals surface area contributed by atoms with Gasteiger partial charge in [-0.3, -0.25) is 0 Å². The van der Waals surface area contributed by atoms with Crippen LogP contribution < -0.4 is 10.1 Å². The van der Waals surface area contributed by atoms with Gasteiger partial charge in [0.25, 0.3) is 0 Å². The normalized spacial score (nSPS) is 21.6. The minimum Gasteiger partial charge on any atom is -0.488 e. The highest BCUT2D eigenvalue weighted by molar-refractivity contribution is 5.56. The number of hydrogen-bond donors (Lipinski definition) is 1. The standard InChI is InChI=1S/C10H12NO/c1-8-6-7-11-9-4-2-3-5-10(9)12-8/h2-5,8,11H,1,6-7H2. The molecule has 1 unspecified atom stereocenters. The van der Waals surface area contributed by atoms with Crippen molar-refractivity contribution in [2.24, 2.45) is 0 Å². The van der Waals surface area contributed by atoms with Gasteiger partial charge < -0.3 is 10.1 Å². The van der Waals surface area contributed by atoms with Crippen molar-refractivity contribution in [1.82, 2.24) is 0 Å². The van der Waals surface area contributed by atoms with E-state index in [2.05, 4.69) is 12.2 Å². The van der Waals surface area contributed by atoms with Gasteiger partial charge in [-0.2, -0.15) is 0 Å². The highest BCUT2D eigenvalue weighted by Crippen LogP contribution is 2.27. The molecule has 1 atom stereocenters. The van der Waals surface area contributed by atoms with Gasteiger partial charge in [-0.05, 0) is 19.1 Å². The van der Waals surface area contributed by atoms with Crippen LogP contribution in [0.3, 0.4) is 0 Å². The summed E-state index contributed by atoms with van der Waals surface area (Å²) in [5, 5.41) is 3.29. The summed E-state index contributed by atoms with van der Waals surface area (Å²) in [7, 11) is 0. The average molecular weight is 162 g/mol. The smallest absolute Gasteiger partial charge is 0.142 e. The van der Waals surface area contributed by atoms with E-state index in [1.807, 2.05) is 24.3 Å². The summed E-state index contributed by atoms with van der Waals surface area (Å²) in [5.74, 6) is 0.912. The van der Waals surface area contributed by atoms with Crippen molar-refractivity contribution in [3.05, 3.63) is 31.2 Å². The van der Waals surface area contributed by atoms with Crippen molar-refractivity contribution < 1.29 is 4.74 Å². The zero-order valence-corrected chi connectivity index (χ0v) is 6.92. The van der Waals surface area contributed by atoms with E-state index in [1.165, 1.54) is 0 Å². The molecule has 0 spiro atoms. The molecule has 1 aromatic carbocycles. The zero-order chi connectivity index (χ0) is 8.39. The predicted molar refractivity (Wildman–Crippen MR) is 49.3 cm³/mol. The molecule has 0 saturated carbocycles. The molecule has 2 nitrogen and oxygen atoms in total. The van der Waals surface area contributed by atoms with Crippen LogP contribution in [-0.4, -0.2) is 12.6 Å². The predicted octanol–water partition coefficient (Wildman–Crippen LogP) is 2.08. The first kappa shape index (κ1) is 7.47. The summed E-state index contributed by atoms with van der Waals surface area (Å²) in [5.41, 5.74) is 1.07. The molecule has 12 heavy (non-hydrogen) atoms. The number of ether oxygens (including phenoxy) is 1. The molecule has 2 heteroatoms. The van der Waals surface area contributed by atoms with E-state index in [-0.39, 0.29) is 6.10 Å². The Morgan fingerprint density at radius 1 is 1.42 bits per heavy atom. The fraction of sp³-hybridized carbons (Fsp3) is 0.300. The summed E-state index contributed by atoms with van der Waals surface area (Å²) in [6, 6.07) is 7.95. The summed E-state index contributed by atoms with van der Waals surface area (Å²) < 4.78 is 5.58. The maximum absolute atomic E-state index is 5.58. The lowest BCUT2D eigenvalue weighted by Gasteiger charge is -2.10. The van der Waals surface area contributed by atoms with E-state index in [0.29, 0.717) is 0 Å². The number of hydrogen-bond acceptors (Lipinski definition) is 2. The van der Waals surface area contributed by atoms with Gasteiger partial charge in [0, 0.05) is 13.0 Å². The molecule has 0 aromatic heterocycles. The Kier molecular flexibility index (Phi) is 1.90. The molecule has 2 rings (SSSR count). The van der Waals surface area contributed by atoms with Crippen LogP contribution in [0.25, 0.3) is 0 Å². The lowest BCUT2D eigenvalue weighted by Crippen LogP contribution is -2.12. The first-order valence-electron chi connectivity index (χ1n) is 4.19. The third-order valence-electron chi connectivity index (χ3n) is 1.96. The van der Waals surface area contributed by atoms with Gasteiger partial charge in [0.05, 0.1) is 5.69 Å². The largest absolute Gasteiger partial charge is 0.488 e. The molecule has 0 fully saturated rings. The topological polar surface area (TPSA) is 21.3 Å². The van der Waals surface area contributed by atoms with Gasteiger partial charge in [-0.15, -0.1) is 0 Å². The van der Waals surface area contributed by atoms with Crippen LogP contribution in [0.2, 0.25) is 0 Å². The highest BCUT2D eigenvalue weighted by atomic mass is 16.5. The number of nitrogens with one attached hydrogen (secondary N) is 1. The lowest BCUT2D eigenvalue weighted by molar-refractivity contribution is 0.247. The van der Waals surface area contributed by atoms with E-state index in [1.54, 1.807) is 0 Å². The summed E-state index contributed by atoms with van der Waals surface area (Å²) >= 11 is 0. The summed E-state index contributed by atoms with van der Waals surface area (Å²) in [6.45, 7) is 4.83. The molecular weight excluding hydrogens is 150 g/mol. The maximum Gasteiger partial charge on any atom is 0.142 e. The Morgan fingerprint density at radius 2 is 2.25 bits per heavy atom. The van der Waals surface area contributed by atoms with Crippen molar-refractivity contribution in [3.8, 4) is 5.75 Å². The quantitative estimate of drug-likeness (QED) is 0.630. The number of para-hydroxylation sites is 2. The molecule has 0 amide bonds. The monoisotopic (exact) mass is 162 g/mol. The first-order valence-corrected chi connectivity index (χ1v) is 4.19. The number of rotatable bonds is 0. The van der Waals surface area contributed by atoms with Crippen molar-refractivity contribution in [1.29, 1.82) is 0 Å². The number of anilines is 1. The van der Waals surface area contributed by atoms with Gasteiger partial charge in [0.1, 0.15) is 11.9 Å². The van der Waals surface area contributed by atoms with E-state index in [4.69, 9.17) is 4.74 Å². The van der Waals surface area contributed by atoms with Crippen LogP contribution in [0.1, 0.15) is 6.42 Å². The molecule has 0 bridgehead atoms. The van der Waals surface area contributed by atoms with Crippen LogP contribution in [0.5, 0.6) is 5.75 Å². The van der Waals surface area contributed by atoms with Crippen molar-refractivity contribution in [2.45, 2.75) is 12.5 Å². The fourth-order valence-electron chi connectivity index (χ4n) is 1.32. The second-order valence-corrected chi connectivity index (χ2v) is 2.95. The van der Waals surface area contributed by atoms with Crippen LogP contribution in [0.4, 0.5) is 5.69 Å². The molecule has 1 aliphatic heterocycles. The minimum atomic E-state index is 0.0705.